The molecule has 1 fully saturated rings. The number of aromatic nitrogens is 3. The average Bonchev–Trinajstić information content (AvgIpc) is 3.57. The highest BCUT2D eigenvalue weighted by atomic mass is 16.2. The van der Waals surface area contributed by atoms with Crippen molar-refractivity contribution in [3.05, 3.63) is 73.6 Å². The van der Waals surface area contributed by atoms with Crippen LogP contribution in [0.25, 0.3) is 11.0 Å². The lowest BCUT2D eigenvalue weighted by Gasteiger charge is -2.29. The Morgan fingerprint density at radius 1 is 1.21 bits per heavy atom. The van der Waals surface area contributed by atoms with Crippen molar-refractivity contribution < 1.29 is 4.79 Å². The van der Waals surface area contributed by atoms with Crippen molar-refractivity contribution in [3.8, 4) is 0 Å². The zero-order valence-electron chi connectivity index (χ0n) is 16.3. The normalized spacial score (nSPS) is 16.1. The van der Waals surface area contributed by atoms with Crippen molar-refractivity contribution in [2.45, 2.75) is 45.2 Å². The van der Waals surface area contributed by atoms with Gasteiger partial charge in [-0.15, -0.1) is 0 Å². The van der Waals surface area contributed by atoms with Crippen LogP contribution in [0.15, 0.2) is 39.9 Å². The molecule has 1 amide bonds. The molecule has 1 aliphatic carbocycles. The standard InChI is InChI=1S/C22H22N4O3/c1-2-26-19-18(20(27)24-22(26)29)16(11-17(23-19)14-7-8-14)21(28)25-10-9-13-5-3-4-6-15(13)12-25/h3-6,11,14H,2,7-10,12H2,1H3,(H,24,27,29). The molecule has 0 saturated heterocycles. The molecular formula is C22H22N4O3. The van der Waals surface area contributed by atoms with Crippen molar-refractivity contribution >= 4 is 16.9 Å². The summed E-state index contributed by atoms with van der Waals surface area (Å²) in [5, 5.41) is 0.208. The molecule has 1 N–H and O–H groups in total. The fraction of sp³-hybridized carbons (Fsp3) is 0.364. The number of rotatable bonds is 3. The Labute approximate surface area is 167 Å². The van der Waals surface area contributed by atoms with Crippen LogP contribution in [0, 0.1) is 0 Å². The molecule has 0 unspecified atom stereocenters. The van der Waals surface area contributed by atoms with E-state index in [0.29, 0.717) is 36.8 Å². The molecule has 0 spiro atoms. The van der Waals surface area contributed by atoms with Crippen molar-refractivity contribution in [2.75, 3.05) is 6.54 Å². The number of hydrogen-bond donors (Lipinski definition) is 1. The lowest BCUT2D eigenvalue weighted by Crippen LogP contribution is -2.38. The molecule has 1 saturated carbocycles. The number of benzene rings is 1. The molecule has 0 radical (unpaired) electrons. The highest BCUT2D eigenvalue weighted by Gasteiger charge is 2.30. The Balaban J connectivity index is 1.67. The van der Waals surface area contributed by atoms with E-state index in [9.17, 15) is 14.4 Å². The number of nitrogens with one attached hydrogen (secondary N) is 1. The molecule has 148 valence electrons. The van der Waals surface area contributed by atoms with Crippen molar-refractivity contribution in [1.82, 2.24) is 19.4 Å². The number of hydrogen-bond acceptors (Lipinski definition) is 4. The monoisotopic (exact) mass is 390 g/mol. The first-order valence-corrected chi connectivity index (χ1v) is 10.1. The SMILES string of the molecule is CCn1c(=O)[nH]c(=O)c2c(C(=O)N3CCc4ccccc4C3)cc(C3CC3)nc21. The molecule has 3 aromatic rings. The minimum Gasteiger partial charge on any atom is -0.334 e. The highest BCUT2D eigenvalue weighted by Crippen LogP contribution is 2.40. The van der Waals surface area contributed by atoms with Crippen molar-refractivity contribution in [3.63, 3.8) is 0 Å². The van der Waals surface area contributed by atoms with Gasteiger partial charge in [0.2, 0.25) is 0 Å². The predicted molar refractivity (Wildman–Crippen MR) is 109 cm³/mol. The van der Waals surface area contributed by atoms with E-state index in [1.807, 2.05) is 25.1 Å². The number of pyridine rings is 1. The Hall–Kier alpha value is -3.22. The second-order valence-corrected chi connectivity index (χ2v) is 7.82. The number of amides is 1. The summed E-state index contributed by atoms with van der Waals surface area (Å²) in [6.45, 7) is 3.32. The van der Waals surface area contributed by atoms with Gasteiger partial charge in [0.1, 0.15) is 0 Å². The van der Waals surface area contributed by atoms with Gasteiger partial charge in [0.15, 0.2) is 5.65 Å². The lowest BCUT2D eigenvalue weighted by atomic mass is 9.98. The zero-order chi connectivity index (χ0) is 20.1. The molecule has 0 atom stereocenters. The van der Waals surface area contributed by atoms with Gasteiger partial charge in [-0.25, -0.2) is 9.78 Å². The van der Waals surface area contributed by atoms with E-state index in [1.165, 1.54) is 10.1 Å². The third-order valence-electron chi connectivity index (χ3n) is 5.93. The van der Waals surface area contributed by atoms with Gasteiger partial charge in [-0.3, -0.25) is 19.1 Å². The molecule has 7 heteroatoms. The molecule has 1 aromatic carbocycles. The summed E-state index contributed by atoms with van der Waals surface area (Å²) in [5.74, 6) is 0.119. The first-order chi connectivity index (χ1) is 14.1. The van der Waals surface area contributed by atoms with Gasteiger partial charge in [0.05, 0.1) is 10.9 Å². The van der Waals surface area contributed by atoms with Gasteiger partial charge in [-0.1, -0.05) is 24.3 Å². The number of carbonyl (C=O) groups is 1. The molecule has 7 nitrogen and oxygen atoms in total. The Bertz CT molecular complexity index is 1250. The second-order valence-electron chi connectivity index (χ2n) is 7.82. The van der Waals surface area contributed by atoms with E-state index < -0.39 is 11.2 Å². The van der Waals surface area contributed by atoms with Crippen LogP contribution in [0.4, 0.5) is 0 Å². The Morgan fingerprint density at radius 2 is 1.97 bits per heavy atom. The number of aryl methyl sites for hydroxylation is 1. The summed E-state index contributed by atoms with van der Waals surface area (Å²) in [4.78, 5) is 47.2. The molecule has 29 heavy (non-hydrogen) atoms. The van der Waals surface area contributed by atoms with Crippen LogP contribution in [-0.2, 0) is 19.5 Å². The summed E-state index contributed by atoms with van der Waals surface area (Å²) in [6, 6.07) is 9.89. The van der Waals surface area contributed by atoms with Gasteiger partial charge in [-0.05, 0) is 43.4 Å². The van der Waals surface area contributed by atoms with Crippen LogP contribution in [-0.4, -0.2) is 31.9 Å². The number of carbonyl (C=O) groups excluding carboxylic acids is 1. The van der Waals surface area contributed by atoms with Crippen LogP contribution in [0.1, 0.15) is 52.9 Å². The topological polar surface area (TPSA) is 88.1 Å². The predicted octanol–water partition coefficient (Wildman–Crippen LogP) is 2.18. The highest BCUT2D eigenvalue weighted by molar-refractivity contribution is 6.05. The van der Waals surface area contributed by atoms with E-state index in [4.69, 9.17) is 0 Å². The summed E-state index contributed by atoms with van der Waals surface area (Å²) < 4.78 is 1.44. The molecule has 2 aliphatic rings. The van der Waals surface area contributed by atoms with Crippen LogP contribution >= 0.6 is 0 Å². The molecule has 3 heterocycles. The van der Waals surface area contributed by atoms with Crippen LogP contribution in [0.2, 0.25) is 0 Å². The van der Waals surface area contributed by atoms with Crippen molar-refractivity contribution in [2.24, 2.45) is 0 Å². The number of aromatic amines is 1. The van der Waals surface area contributed by atoms with Crippen LogP contribution in [0.3, 0.4) is 0 Å². The Kier molecular flexibility index (Phi) is 4.12. The largest absolute Gasteiger partial charge is 0.334 e. The Morgan fingerprint density at radius 3 is 2.69 bits per heavy atom. The van der Waals surface area contributed by atoms with E-state index in [0.717, 1.165) is 30.5 Å². The molecule has 2 aromatic heterocycles. The maximum Gasteiger partial charge on any atom is 0.329 e. The van der Waals surface area contributed by atoms with Gasteiger partial charge in [-0.2, -0.15) is 0 Å². The average molecular weight is 390 g/mol. The zero-order valence-corrected chi connectivity index (χ0v) is 16.3. The van der Waals surface area contributed by atoms with Gasteiger partial charge >= 0.3 is 5.69 Å². The van der Waals surface area contributed by atoms with E-state index in [-0.39, 0.29) is 11.3 Å². The van der Waals surface area contributed by atoms with E-state index in [1.54, 1.807) is 11.0 Å². The number of H-pyrrole nitrogens is 1. The molecular weight excluding hydrogens is 368 g/mol. The molecule has 5 rings (SSSR count). The van der Waals surface area contributed by atoms with Crippen LogP contribution < -0.4 is 11.2 Å². The summed E-state index contributed by atoms with van der Waals surface area (Å²) in [7, 11) is 0. The lowest BCUT2D eigenvalue weighted by molar-refractivity contribution is 0.0736. The fourth-order valence-corrected chi connectivity index (χ4v) is 4.18. The van der Waals surface area contributed by atoms with Crippen molar-refractivity contribution in [1.29, 1.82) is 0 Å². The smallest absolute Gasteiger partial charge is 0.329 e. The quantitative estimate of drug-likeness (QED) is 0.742. The minimum absolute atomic E-state index is 0.180. The molecule has 0 bridgehead atoms. The number of fused-ring (bicyclic) bond motifs is 2. The fourth-order valence-electron chi connectivity index (χ4n) is 4.18. The van der Waals surface area contributed by atoms with E-state index >= 15 is 0 Å². The third kappa shape index (κ3) is 2.97. The van der Waals surface area contributed by atoms with Gasteiger partial charge in [0, 0.05) is 31.2 Å². The summed E-state index contributed by atoms with van der Waals surface area (Å²) >= 11 is 0. The summed E-state index contributed by atoms with van der Waals surface area (Å²) in [5.41, 5.74) is 2.80. The molecule has 1 aliphatic heterocycles. The number of nitrogens with zero attached hydrogens (tertiary/aromatic N) is 3. The third-order valence-corrected chi connectivity index (χ3v) is 5.93. The second kappa shape index (κ2) is 6.69. The maximum absolute atomic E-state index is 13.5. The first-order valence-electron chi connectivity index (χ1n) is 10.1. The summed E-state index contributed by atoms with van der Waals surface area (Å²) in [6.07, 6.45) is 2.82. The minimum atomic E-state index is -0.551. The van der Waals surface area contributed by atoms with Gasteiger partial charge in [0.25, 0.3) is 11.5 Å². The maximum atomic E-state index is 13.5. The van der Waals surface area contributed by atoms with Gasteiger partial charge < -0.3 is 4.90 Å². The van der Waals surface area contributed by atoms with Crippen LogP contribution in [0.5, 0.6) is 0 Å². The van der Waals surface area contributed by atoms with E-state index in [2.05, 4.69) is 16.0 Å². The first kappa shape index (κ1) is 17.8.